The number of nitrogens with zero attached hydrogens (tertiary/aromatic N) is 1. The zero-order valence-electron chi connectivity index (χ0n) is 14.0. The Labute approximate surface area is 146 Å². The van der Waals surface area contributed by atoms with Crippen molar-refractivity contribution in [2.24, 2.45) is 0 Å². The lowest BCUT2D eigenvalue weighted by molar-refractivity contribution is 0.201. The standard InChI is InChI=1S/C19H21FN2O3/c1-22(12-13-5-2-3-7-17(13)23)19(24)21-16-6-4-10-25-18-9-8-14(20)11-15(16)18/h2-3,5,7-9,11,16,23H,4,6,10,12H2,1H3,(H,21,24)/t16-/m0/s1. The summed E-state index contributed by atoms with van der Waals surface area (Å²) in [5.74, 6) is 0.399. The Kier molecular flexibility index (Phi) is 5.07. The molecule has 0 aromatic heterocycles. The third kappa shape index (κ3) is 4.02. The molecule has 1 atom stereocenters. The third-order valence-electron chi connectivity index (χ3n) is 4.29. The predicted octanol–water partition coefficient (Wildman–Crippen LogP) is 3.59. The Morgan fingerprint density at radius 3 is 2.96 bits per heavy atom. The van der Waals surface area contributed by atoms with Gasteiger partial charge in [-0.25, -0.2) is 9.18 Å². The lowest BCUT2D eigenvalue weighted by Crippen LogP contribution is -2.39. The summed E-state index contributed by atoms with van der Waals surface area (Å²) in [4.78, 5) is 14.0. The molecule has 25 heavy (non-hydrogen) atoms. The van der Waals surface area contributed by atoms with Gasteiger partial charge in [-0.05, 0) is 37.1 Å². The highest BCUT2D eigenvalue weighted by atomic mass is 19.1. The number of para-hydroxylation sites is 1. The fraction of sp³-hybridized carbons (Fsp3) is 0.316. The lowest BCUT2D eigenvalue weighted by atomic mass is 10.0. The van der Waals surface area contributed by atoms with Crippen molar-refractivity contribution in [2.45, 2.75) is 25.4 Å². The molecule has 5 nitrogen and oxygen atoms in total. The van der Waals surface area contributed by atoms with E-state index in [1.165, 1.54) is 17.0 Å². The number of nitrogens with one attached hydrogen (secondary N) is 1. The molecule has 0 unspecified atom stereocenters. The molecule has 2 N–H and O–H groups in total. The van der Waals surface area contributed by atoms with E-state index < -0.39 is 0 Å². The number of rotatable bonds is 3. The average Bonchev–Trinajstić information content (AvgIpc) is 2.79. The van der Waals surface area contributed by atoms with Crippen LogP contribution in [0.4, 0.5) is 9.18 Å². The van der Waals surface area contributed by atoms with Crippen molar-refractivity contribution in [1.82, 2.24) is 10.2 Å². The van der Waals surface area contributed by atoms with Gasteiger partial charge in [0.2, 0.25) is 0 Å². The molecule has 0 fully saturated rings. The van der Waals surface area contributed by atoms with Gasteiger partial charge in [0.25, 0.3) is 0 Å². The molecule has 0 aliphatic carbocycles. The van der Waals surface area contributed by atoms with Gasteiger partial charge in [0.15, 0.2) is 0 Å². The number of urea groups is 1. The van der Waals surface area contributed by atoms with E-state index in [1.807, 2.05) is 6.07 Å². The first-order valence-corrected chi connectivity index (χ1v) is 8.25. The van der Waals surface area contributed by atoms with Crippen molar-refractivity contribution in [2.75, 3.05) is 13.7 Å². The first-order valence-electron chi connectivity index (χ1n) is 8.25. The molecule has 0 bridgehead atoms. The molecule has 0 spiro atoms. The van der Waals surface area contributed by atoms with Gasteiger partial charge in [0.1, 0.15) is 17.3 Å². The first-order chi connectivity index (χ1) is 12.0. The normalized spacial score (nSPS) is 16.3. The van der Waals surface area contributed by atoms with Gasteiger partial charge < -0.3 is 20.1 Å². The van der Waals surface area contributed by atoms with E-state index in [0.29, 0.717) is 29.9 Å². The Bertz CT molecular complexity index is 766. The van der Waals surface area contributed by atoms with Gasteiger partial charge in [-0.3, -0.25) is 0 Å². The molecule has 1 aliphatic rings. The minimum absolute atomic E-state index is 0.150. The topological polar surface area (TPSA) is 61.8 Å². The van der Waals surface area contributed by atoms with Crippen LogP contribution in [0.1, 0.15) is 30.0 Å². The number of fused-ring (bicyclic) bond motifs is 1. The lowest BCUT2D eigenvalue weighted by Gasteiger charge is -2.24. The number of phenols is 1. The second-order valence-electron chi connectivity index (χ2n) is 6.16. The summed E-state index contributed by atoms with van der Waals surface area (Å²) in [6.45, 7) is 0.816. The van der Waals surface area contributed by atoms with Crippen molar-refractivity contribution < 1.29 is 19.0 Å². The van der Waals surface area contributed by atoms with Crippen molar-refractivity contribution in [3.05, 3.63) is 59.4 Å². The van der Waals surface area contributed by atoms with Gasteiger partial charge in [0, 0.05) is 18.2 Å². The minimum Gasteiger partial charge on any atom is -0.508 e. The number of benzene rings is 2. The molecular weight excluding hydrogens is 323 g/mol. The number of amides is 2. The highest BCUT2D eigenvalue weighted by molar-refractivity contribution is 5.74. The van der Waals surface area contributed by atoms with Gasteiger partial charge in [-0.2, -0.15) is 0 Å². The quantitative estimate of drug-likeness (QED) is 0.894. The number of phenolic OH excluding ortho intramolecular Hbond substituents is 1. The maximum atomic E-state index is 13.6. The third-order valence-corrected chi connectivity index (χ3v) is 4.29. The summed E-state index contributed by atoms with van der Waals surface area (Å²) in [6, 6.07) is 10.7. The van der Waals surface area contributed by atoms with Crippen molar-refractivity contribution in [3.63, 3.8) is 0 Å². The van der Waals surface area contributed by atoms with E-state index >= 15 is 0 Å². The SMILES string of the molecule is CN(Cc1ccccc1O)C(=O)N[C@H]1CCCOc2ccc(F)cc21. The number of aromatic hydroxyl groups is 1. The number of hydrogen-bond acceptors (Lipinski definition) is 3. The zero-order valence-corrected chi connectivity index (χ0v) is 14.0. The van der Waals surface area contributed by atoms with E-state index in [9.17, 15) is 14.3 Å². The van der Waals surface area contributed by atoms with Crippen LogP contribution >= 0.6 is 0 Å². The molecule has 2 amide bonds. The maximum Gasteiger partial charge on any atom is 0.317 e. The molecule has 132 valence electrons. The zero-order chi connectivity index (χ0) is 17.8. The van der Waals surface area contributed by atoms with Crippen LogP contribution < -0.4 is 10.1 Å². The smallest absolute Gasteiger partial charge is 0.317 e. The van der Waals surface area contributed by atoms with Crippen LogP contribution in [0.25, 0.3) is 0 Å². The van der Waals surface area contributed by atoms with Crippen LogP contribution in [0.15, 0.2) is 42.5 Å². The van der Waals surface area contributed by atoms with E-state index in [4.69, 9.17) is 4.74 Å². The molecule has 0 radical (unpaired) electrons. The summed E-state index contributed by atoms with van der Waals surface area (Å²) in [5.41, 5.74) is 1.32. The van der Waals surface area contributed by atoms with Gasteiger partial charge >= 0.3 is 6.03 Å². The largest absolute Gasteiger partial charge is 0.508 e. The average molecular weight is 344 g/mol. The molecule has 6 heteroatoms. The summed E-state index contributed by atoms with van der Waals surface area (Å²) in [6.07, 6.45) is 1.44. The Morgan fingerprint density at radius 1 is 1.36 bits per heavy atom. The van der Waals surface area contributed by atoms with E-state index in [1.54, 1.807) is 31.3 Å². The van der Waals surface area contributed by atoms with Gasteiger partial charge in [-0.15, -0.1) is 0 Å². The van der Waals surface area contributed by atoms with Crippen molar-refractivity contribution >= 4 is 6.03 Å². The van der Waals surface area contributed by atoms with Crippen LogP contribution in [0, 0.1) is 5.82 Å². The molecule has 1 aliphatic heterocycles. The monoisotopic (exact) mass is 344 g/mol. The highest BCUT2D eigenvalue weighted by Crippen LogP contribution is 2.32. The van der Waals surface area contributed by atoms with E-state index in [2.05, 4.69) is 5.32 Å². The fourth-order valence-corrected chi connectivity index (χ4v) is 2.93. The molecule has 2 aromatic rings. The summed E-state index contributed by atoms with van der Waals surface area (Å²) >= 11 is 0. The molecule has 3 rings (SSSR count). The molecule has 0 saturated carbocycles. The van der Waals surface area contributed by atoms with Crippen LogP contribution in [0.5, 0.6) is 11.5 Å². The highest BCUT2D eigenvalue weighted by Gasteiger charge is 2.23. The maximum absolute atomic E-state index is 13.6. The molecule has 1 heterocycles. The first kappa shape index (κ1) is 17.1. The van der Waals surface area contributed by atoms with Crippen LogP contribution in [-0.4, -0.2) is 29.7 Å². The molecular formula is C19H21FN2O3. The number of halogens is 1. The minimum atomic E-state index is -0.355. The number of carbonyl (C=O) groups excluding carboxylic acids is 1. The second-order valence-corrected chi connectivity index (χ2v) is 6.16. The Morgan fingerprint density at radius 2 is 2.16 bits per heavy atom. The summed E-state index contributed by atoms with van der Waals surface area (Å²) in [5, 5.41) is 12.8. The molecule has 2 aromatic carbocycles. The second kappa shape index (κ2) is 7.42. The Hall–Kier alpha value is -2.76. The number of ether oxygens (including phenoxy) is 1. The molecule has 0 saturated heterocycles. The van der Waals surface area contributed by atoms with Gasteiger partial charge in [-0.1, -0.05) is 18.2 Å². The van der Waals surface area contributed by atoms with Crippen molar-refractivity contribution in [3.8, 4) is 11.5 Å². The van der Waals surface area contributed by atoms with E-state index in [-0.39, 0.29) is 30.2 Å². The van der Waals surface area contributed by atoms with Crippen LogP contribution in [-0.2, 0) is 6.54 Å². The fourth-order valence-electron chi connectivity index (χ4n) is 2.93. The van der Waals surface area contributed by atoms with Crippen LogP contribution in [0.3, 0.4) is 0 Å². The van der Waals surface area contributed by atoms with Crippen molar-refractivity contribution in [1.29, 1.82) is 0 Å². The summed E-state index contributed by atoms with van der Waals surface area (Å²) in [7, 11) is 1.65. The van der Waals surface area contributed by atoms with Crippen LogP contribution in [0.2, 0.25) is 0 Å². The Balaban J connectivity index is 1.72. The van der Waals surface area contributed by atoms with E-state index in [0.717, 1.165) is 6.42 Å². The predicted molar refractivity (Wildman–Crippen MR) is 92.0 cm³/mol. The number of carbonyl (C=O) groups is 1. The number of hydrogen-bond donors (Lipinski definition) is 2. The van der Waals surface area contributed by atoms with Gasteiger partial charge in [0.05, 0.1) is 19.2 Å². The summed E-state index contributed by atoms with van der Waals surface area (Å²) < 4.78 is 19.2.